The molecule has 5 N–H and O–H groups in total. The van der Waals surface area contributed by atoms with Crippen molar-refractivity contribution >= 4 is 5.84 Å². The summed E-state index contributed by atoms with van der Waals surface area (Å²) in [5.41, 5.74) is 14.6. The lowest BCUT2D eigenvalue weighted by atomic mass is 9.75. The van der Waals surface area contributed by atoms with Crippen molar-refractivity contribution in [3.63, 3.8) is 0 Å². The van der Waals surface area contributed by atoms with Gasteiger partial charge in [0.05, 0.1) is 6.04 Å². The van der Waals surface area contributed by atoms with Crippen LogP contribution >= 0.6 is 0 Å². The number of halogens is 3. The monoisotopic (exact) mass is 494 g/mol. The lowest BCUT2D eigenvalue weighted by Crippen LogP contribution is -2.28. The molecule has 3 aromatic rings. The lowest BCUT2D eigenvalue weighted by Gasteiger charge is -2.30. The number of alkyl halides is 3. The second kappa shape index (κ2) is 9.39. The van der Waals surface area contributed by atoms with Crippen LogP contribution in [0.5, 0.6) is 0 Å². The average molecular weight is 495 g/mol. The summed E-state index contributed by atoms with van der Waals surface area (Å²) in [6.07, 6.45) is 2.64. The second-order valence-corrected chi connectivity index (χ2v) is 9.51. The first-order chi connectivity index (χ1) is 16.9. The Morgan fingerprint density at radius 3 is 2.11 bits per heavy atom. The van der Waals surface area contributed by atoms with E-state index in [0.717, 1.165) is 23.1 Å². The minimum absolute atomic E-state index is 0.000891. The summed E-state index contributed by atoms with van der Waals surface area (Å²) >= 11 is 0. The minimum atomic E-state index is -4.47. The van der Waals surface area contributed by atoms with E-state index in [-0.39, 0.29) is 28.7 Å². The summed E-state index contributed by atoms with van der Waals surface area (Å²) < 4.78 is 40.4. The van der Waals surface area contributed by atoms with E-state index < -0.39 is 12.2 Å². The third kappa shape index (κ3) is 4.97. The molecule has 1 aliphatic carbocycles. The zero-order chi connectivity index (χ0) is 26.3. The second-order valence-electron chi connectivity index (χ2n) is 9.51. The highest BCUT2D eigenvalue weighted by Crippen LogP contribution is 2.37. The van der Waals surface area contributed by atoms with E-state index in [2.05, 4.69) is 42.2 Å². The summed E-state index contributed by atoms with van der Waals surface area (Å²) in [4.78, 5) is 4.25. The number of allylic oxidation sites excluding steroid dienone is 4. The fourth-order valence-corrected chi connectivity index (χ4v) is 4.40. The van der Waals surface area contributed by atoms with Crippen molar-refractivity contribution in [2.45, 2.75) is 50.9 Å². The van der Waals surface area contributed by atoms with Crippen LogP contribution in [0.25, 0.3) is 11.1 Å². The number of hydrogen-bond donors (Lipinski definition) is 3. The number of amidine groups is 1. The smallest absolute Gasteiger partial charge is 0.381 e. The SMILES string of the molecule is Cc1nc(C(=N)N)nn1C1C=CC(C(C)(C)c2ccc(-c3ccc(C(N)C(F)(F)F)cc3)cc2)=CC1. The van der Waals surface area contributed by atoms with Crippen molar-refractivity contribution in [3.8, 4) is 11.1 Å². The summed E-state index contributed by atoms with van der Waals surface area (Å²) in [7, 11) is 0. The molecular weight excluding hydrogens is 465 g/mol. The zero-order valence-corrected chi connectivity index (χ0v) is 20.3. The quantitative estimate of drug-likeness (QED) is 0.310. The van der Waals surface area contributed by atoms with Gasteiger partial charge in [-0.25, -0.2) is 9.67 Å². The van der Waals surface area contributed by atoms with Crippen LogP contribution in [0.15, 0.2) is 72.3 Å². The predicted molar refractivity (Wildman–Crippen MR) is 135 cm³/mol. The van der Waals surface area contributed by atoms with Crippen molar-refractivity contribution in [3.05, 3.63) is 95.1 Å². The number of aryl methyl sites for hydroxylation is 1. The third-order valence-electron chi connectivity index (χ3n) is 6.72. The Morgan fingerprint density at radius 1 is 1.06 bits per heavy atom. The van der Waals surface area contributed by atoms with Crippen LogP contribution in [0.2, 0.25) is 0 Å². The standard InChI is InChI=1S/C27H29F3N6/c1-16-34-25(24(32)33)35-36(16)22-14-12-21(13-15-22)26(2,3)20-10-8-18(9-11-20)17-4-6-19(7-5-17)23(31)27(28,29)30/h4-14,22-23H,15,31H2,1-3H3,(H3,32,33). The molecule has 9 heteroatoms. The van der Waals surface area contributed by atoms with Crippen molar-refractivity contribution in [2.24, 2.45) is 11.5 Å². The van der Waals surface area contributed by atoms with Crippen LogP contribution < -0.4 is 11.5 Å². The van der Waals surface area contributed by atoms with E-state index in [0.29, 0.717) is 5.82 Å². The van der Waals surface area contributed by atoms with E-state index >= 15 is 0 Å². The Labute approximate surface area is 208 Å². The molecule has 0 saturated carbocycles. The fraction of sp³-hybridized carbons (Fsp3) is 0.296. The number of aromatic nitrogens is 3. The van der Waals surface area contributed by atoms with Crippen LogP contribution in [-0.2, 0) is 5.41 Å². The molecule has 0 spiro atoms. The Hall–Kier alpha value is -3.72. The van der Waals surface area contributed by atoms with Gasteiger partial charge in [0.15, 0.2) is 5.84 Å². The van der Waals surface area contributed by atoms with Gasteiger partial charge in [-0.2, -0.15) is 13.2 Å². The molecule has 4 rings (SSSR count). The van der Waals surface area contributed by atoms with Crippen molar-refractivity contribution in [1.29, 1.82) is 5.41 Å². The minimum Gasteiger partial charge on any atom is -0.381 e. The van der Waals surface area contributed by atoms with E-state index in [4.69, 9.17) is 16.9 Å². The molecule has 0 fully saturated rings. The number of hydrogen-bond acceptors (Lipinski definition) is 4. The first-order valence-corrected chi connectivity index (χ1v) is 11.6. The normalized spacial score (nSPS) is 17.1. The Balaban J connectivity index is 1.49. The molecule has 2 aromatic carbocycles. The molecule has 6 nitrogen and oxygen atoms in total. The van der Waals surface area contributed by atoms with Gasteiger partial charge in [0.1, 0.15) is 11.9 Å². The Kier molecular flexibility index (Phi) is 6.62. The largest absolute Gasteiger partial charge is 0.407 e. The first-order valence-electron chi connectivity index (χ1n) is 11.6. The molecule has 1 heterocycles. The first kappa shape index (κ1) is 25.4. The average Bonchev–Trinajstić information content (AvgIpc) is 3.25. The van der Waals surface area contributed by atoms with Crippen LogP contribution in [0.3, 0.4) is 0 Å². The highest BCUT2D eigenvalue weighted by molar-refractivity contribution is 5.91. The maximum absolute atomic E-state index is 12.9. The molecule has 0 aliphatic heterocycles. The molecule has 1 aliphatic rings. The number of rotatable bonds is 6. The number of nitrogens with two attached hydrogens (primary N) is 2. The van der Waals surface area contributed by atoms with Gasteiger partial charge >= 0.3 is 6.18 Å². The summed E-state index contributed by atoms with van der Waals surface area (Å²) in [6.45, 7) is 6.15. The fourth-order valence-electron chi connectivity index (χ4n) is 4.40. The summed E-state index contributed by atoms with van der Waals surface area (Å²) in [5.74, 6) is 0.780. The number of benzene rings is 2. The molecule has 0 bridgehead atoms. The van der Waals surface area contributed by atoms with E-state index in [1.54, 1.807) is 16.8 Å². The third-order valence-corrected chi connectivity index (χ3v) is 6.72. The van der Waals surface area contributed by atoms with Crippen LogP contribution in [0, 0.1) is 12.3 Å². The van der Waals surface area contributed by atoms with E-state index in [1.807, 2.05) is 31.2 Å². The summed E-state index contributed by atoms with van der Waals surface area (Å²) in [6, 6.07) is 12.2. The molecule has 36 heavy (non-hydrogen) atoms. The van der Waals surface area contributed by atoms with Gasteiger partial charge in [-0.05, 0) is 41.2 Å². The van der Waals surface area contributed by atoms with Gasteiger partial charge in [0.25, 0.3) is 0 Å². The molecule has 0 amide bonds. The number of nitrogen functional groups attached to an aromatic ring is 1. The molecule has 2 unspecified atom stereocenters. The summed E-state index contributed by atoms with van der Waals surface area (Å²) in [5, 5.41) is 11.9. The number of nitrogens with zero attached hydrogens (tertiary/aromatic N) is 3. The predicted octanol–water partition coefficient (Wildman–Crippen LogP) is 5.50. The molecule has 2 atom stereocenters. The van der Waals surface area contributed by atoms with E-state index in [9.17, 15) is 13.2 Å². The molecule has 1 aromatic heterocycles. The van der Waals surface area contributed by atoms with Crippen LogP contribution in [0.1, 0.15) is 55.1 Å². The molecular formula is C27H29F3N6. The Bertz CT molecular complexity index is 1320. The van der Waals surface area contributed by atoms with Crippen LogP contribution in [-0.4, -0.2) is 26.8 Å². The highest BCUT2D eigenvalue weighted by atomic mass is 19.4. The van der Waals surface area contributed by atoms with Crippen LogP contribution in [0.4, 0.5) is 13.2 Å². The Morgan fingerprint density at radius 2 is 1.64 bits per heavy atom. The molecule has 188 valence electrons. The molecule has 0 radical (unpaired) electrons. The molecule has 0 saturated heterocycles. The van der Waals surface area contributed by atoms with Gasteiger partial charge < -0.3 is 11.5 Å². The number of nitrogens with one attached hydrogen (secondary N) is 1. The lowest BCUT2D eigenvalue weighted by molar-refractivity contribution is -0.149. The van der Waals surface area contributed by atoms with Crippen molar-refractivity contribution < 1.29 is 13.2 Å². The van der Waals surface area contributed by atoms with Crippen molar-refractivity contribution in [1.82, 2.24) is 14.8 Å². The van der Waals surface area contributed by atoms with Gasteiger partial charge in [0.2, 0.25) is 5.82 Å². The van der Waals surface area contributed by atoms with E-state index in [1.165, 1.54) is 17.7 Å². The maximum Gasteiger partial charge on any atom is 0.407 e. The van der Waals surface area contributed by atoms with Gasteiger partial charge in [0, 0.05) is 5.41 Å². The topological polar surface area (TPSA) is 107 Å². The maximum atomic E-state index is 12.9. The van der Waals surface area contributed by atoms with Gasteiger partial charge in [-0.3, -0.25) is 5.41 Å². The van der Waals surface area contributed by atoms with Gasteiger partial charge in [-0.1, -0.05) is 80.6 Å². The van der Waals surface area contributed by atoms with Gasteiger partial charge in [-0.15, -0.1) is 5.10 Å². The zero-order valence-electron chi connectivity index (χ0n) is 20.3. The highest BCUT2D eigenvalue weighted by Gasteiger charge is 2.37. The van der Waals surface area contributed by atoms with Crippen molar-refractivity contribution in [2.75, 3.05) is 0 Å².